The van der Waals surface area contributed by atoms with Crippen molar-refractivity contribution in [3.63, 3.8) is 0 Å². The SMILES string of the molecule is C1COCCN1.C1CSCCN1.CC1CNCC(C)O1. The van der Waals surface area contributed by atoms with Crippen LogP contribution in [0.2, 0.25) is 0 Å². The maximum atomic E-state index is 5.42. The summed E-state index contributed by atoms with van der Waals surface area (Å²) in [6.07, 6.45) is 0.803. The molecule has 0 amide bonds. The predicted octanol–water partition coefficient (Wildman–Crippen LogP) is 0.312. The van der Waals surface area contributed by atoms with Gasteiger partial charge in [-0.3, -0.25) is 0 Å². The van der Waals surface area contributed by atoms with Gasteiger partial charge in [-0.05, 0) is 13.8 Å². The third-order valence-corrected chi connectivity index (χ3v) is 4.01. The molecule has 0 bridgehead atoms. The Balaban J connectivity index is 0.000000152. The second-order valence-corrected chi connectivity index (χ2v) is 6.37. The van der Waals surface area contributed by atoms with Crippen molar-refractivity contribution in [3.8, 4) is 0 Å². The third-order valence-electron chi connectivity index (χ3n) is 3.02. The predicted molar refractivity (Wildman–Crippen MR) is 86.8 cm³/mol. The Labute approximate surface area is 127 Å². The maximum absolute atomic E-state index is 5.42. The fourth-order valence-corrected chi connectivity index (χ4v) is 2.80. The lowest BCUT2D eigenvalue weighted by Gasteiger charge is -2.25. The fourth-order valence-electron chi connectivity index (χ4n) is 2.01. The van der Waals surface area contributed by atoms with Crippen molar-refractivity contribution in [2.24, 2.45) is 0 Å². The molecule has 3 heterocycles. The highest BCUT2D eigenvalue weighted by Gasteiger charge is 2.12. The molecule has 2 atom stereocenters. The Morgan fingerprint density at radius 3 is 1.55 bits per heavy atom. The van der Waals surface area contributed by atoms with Crippen molar-refractivity contribution >= 4 is 11.8 Å². The molecule has 0 aromatic rings. The average molecular weight is 305 g/mol. The molecule has 6 heteroatoms. The van der Waals surface area contributed by atoms with Crippen molar-refractivity contribution in [1.82, 2.24) is 16.0 Å². The van der Waals surface area contributed by atoms with E-state index in [-0.39, 0.29) is 0 Å². The molecule has 3 aliphatic rings. The summed E-state index contributed by atoms with van der Waals surface area (Å²) in [4.78, 5) is 0. The first kappa shape index (κ1) is 18.2. The fraction of sp³-hybridized carbons (Fsp3) is 1.00. The van der Waals surface area contributed by atoms with E-state index >= 15 is 0 Å². The molecule has 3 saturated heterocycles. The molecule has 120 valence electrons. The first-order valence-electron chi connectivity index (χ1n) is 7.72. The number of nitrogens with one attached hydrogen (secondary N) is 3. The van der Waals surface area contributed by atoms with E-state index in [1.807, 2.05) is 11.8 Å². The van der Waals surface area contributed by atoms with E-state index in [9.17, 15) is 0 Å². The molecule has 3 aliphatic heterocycles. The Kier molecular flexibility index (Phi) is 11.7. The molecule has 0 spiro atoms. The van der Waals surface area contributed by atoms with E-state index in [1.165, 1.54) is 24.6 Å². The minimum Gasteiger partial charge on any atom is -0.379 e. The van der Waals surface area contributed by atoms with Crippen LogP contribution in [0.15, 0.2) is 0 Å². The van der Waals surface area contributed by atoms with E-state index in [0.717, 1.165) is 39.4 Å². The summed E-state index contributed by atoms with van der Waals surface area (Å²) < 4.78 is 10.4. The highest BCUT2D eigenvalue weighted by Crippen LogP contribution is 2.00. The summed E-state index contributed by atoms with van der Waals surface area (Å²) in [5.41, 5.74) is 0. The van der Waals surface area contributed by atoms with Gasteiger partial charge in [0.2, 0.25) is 0 Å². The van der Waals surface area contributed by atoms with Crippen LogP contribution >= 0.6 is 11.8 Å². The lowest BCUT2D eigenvalue weighted by Crippen LogP contribution is -2.41. The summed E-state index contributed by atoms with van der Waals surface area (Å²) in [6, 6.07) is 0. The van der Waals surface area contributed by atoms with E-state index < -0.39 is 0 Å². The van der Waals surface area contributed by atoms with Crippen molar-refractivity contribution < 1.29 is 9.47 Å². The summed E-state index contributed by atoms with van der Waals surface area (Å²) in [7, 11) is 0. The Morgan fingerprint density at radius 1 is 0.800 bits per heavy atom. The Bertz CT molecular complexity index is 172. The number of thioether (sulfide) groups is 1. The molecule has 0 aromatic heterocycles. The van der Waals surface area contributed by atoms with Crippen LogP contribution in [0, 0.1) is 0 Å². The molecule has 0 radical (unpaired) electrons. The summed E-state index contributed by atoms with van der Waals surface area (Å²) in [5.74, 6) is 2.61. The zero-order valence-electron chi connectivity index (χ0n) is 13.0. The minimum absolute atomic E-state index is 0.402. The Hall–Kier alpha value is 0.150. The van der Waals surface area contributed by atoms with Crippen molar-refractivity contribution in [1.29, 1.82) is 0 Å². The average Bonchev–Trinajstić information content (AvgIpc) is 2.52. The molecule has 3 N–H and O–H groups in total. The number of hydrogen-bond donors (Lipinski definition) is 3. The molecule has 0 saturated carbocycles. The molecular formula is C14H31N3O2S. The van der Waals surface area contributed by atoms with Crippen LogP contribution in [-0.4, -0.2) is 76.2 Å². The standard InChI is InChI=1S/C6H13NO.C4H9NO.C4H9NS/c1-5-3-7-4-6(2)8-5;2*1-3-6-4-2-5-1/h5-7H,3-4H2,1-2H3;2*5H,1-4H2. The topological polar surface area (TPSA) is 54.5 Å². The van der Waals surface area contributed by atoms with Crippen molar-refractivity contribution in [2.75, 3.05) is 64.0 Å². The minimum atomic E-state index is 0.402. The highest BCUT2D eigenvalue weighted by molar-refractivity contribution is 7.99. The summed E-state index contributed by atoms with van der Waals surface area (Å²) in [6.45, 7) is 12.4. The smallest absolute Gasteiger partial charge is 0.0675 e. The highest BCUT2D eigenvalue weighted by atomic mass is 32.2. The van der Waals surface area contributed by atoms with Gasteiger partial charge in [-0.15, -0.1) is 0 Å². The molecule has 0 aromatic carbocycles. The molecular weight excluding hydrogens is 274 g/mol. The quantitative estimate of drug-likeness (QED) is 0.599. The number of morpholine rings is 2. The van der Waals surface area contributed by atoms with E-state index in [2.05, 4.69) is 29.8 Å². The van der Waals surface area contributed by atoms with E-state index in [4.69, 9.17) is 9.47 Å². The van der Waals surface area contributed by atoms with Gasteiger partial charge in [0.1, 0.15) is 0 Å². The van der Waals surface area contributed by atoms with Crippen LogP contribution in [-0.2, 0) is 9.47 Å². The number of hydrogen-bond acceptors (Lipinski definition) is 6. The Morgan fingerprint density at radius 2 is 1.35 bits per heavy atom. The summed E-state index contributed by atoms with van der Waals surface area (Å²) in [5, 5.41) is 9.68. The molecule has 5 nitrogen and oxygen atoms in total. The monoisotopic (exact) mass is 305 g/mol. The zero-order valence-corrected chi connectivity index (χ0v) is 13.8. The third kappa shape index (κ3) is 10.9. The van der Waals surface area contributed by atoms with Crippen molar-refractivity contribution in [3.05, 3.63) is 0 Å². The van der Waals surface area contributed by atoms with Gasteiger partial charge in [-0.2, -0.15) is 11.8 Å². The van der Waals surface area contributed by atoms with Crippen LogP contribution in [0.1, 0.15) is 13.8 Å². The van der Waals surface area contributed by atoms with E-state index in [1.54, 1.807) is 0 Å². The van der Waals surface area contributed by atoms with Gasteiger partial charge in [0.25, 0.3) is 0 Å². The van der Waals surface area contributed by atoms with Gasteiger partial charge in [0.15, 0.2) is 0 Å². The molecule has 20 heavy (non-hydrogen) atoms. The van der Waals surface area contributed by atoms with Gasteiger partial charge in [-0.1, -0.05) is 0 Å². The second-order valence-electron chi connectivity index (χ2n) is 5.14. The lowest BCUT2D eigenvalue weighted by molar-refractivity contribution is -0.0166. The van der Waals surface area contributed by atoms with Crippen LogP contribution < -0.4 is 16.0 Å². The normalized spacial score (nSPS) is 30.3. The molecule has 2 unspecified atom stereocenters. The largest absolute Gasteiger partial charge is 0.379 e. The maximum Gasteiger partial charge on any atom is 0.0675 e. The van der Waals surface area contributed by atoms with Gasteiger partial charge >= 0.3 is 0 Å². The van der Waals surface area contributed by atoms with Crippen LogP contribution in [0.5, 0.6) is 0 Å². The first-order chi connectivity index (χ1) is 9.79. The van der Waals surface area contributed by atoms with Crippen LogP contribution in [0.25, 0.3) is 0 Å². The first-order valence-corrected chi connectivity index (χ1v) is 8.87. The van der Waals surface area contributed by atoms with Crippen LogP contribution in [0.3, 0.4) is 0 Å². The number of ether oxygens (including phenoxy) is 2. The molecule has 3 fully saturated rings. The van der Waals surface area contributed by atoms with Crippen LogP contribution in [0.4, 0.5) is 0 Å². The van der Waals surface area contributed by atoms with E-state index in [0.29, 0.717) is 12.2 Å². The second kappa shape index (κ2) is 12.9. The summed E-state index contributed by atoms with van der Waals surface area (Å²) >= 11 is 2.03. The van der Waals surface area contributed by atoms with Gasteiger partial charge in [0, 0.05) is 50.8 Å². The zero-order chi connectivity index (χ0) is 14.5. The number of rotatable bonds is 0. The van der Waals surface area contributed by atoms with Crippen molar-refractivity contribution in [2.45, 2.75) is 26.1 Å². The molecule has 3 rings (SSSR count). The van der Waals surface area contributed by atoms with Gasteiger partial charge in [0.05, 0.1) is 25.4 Å². The lowest BCUT2D eigenvalue weighted by atomic mass is 10.3. The van der Waals surface area contributed by atoms with Gasteiger partial charge < -0.3 is 25.4 Å². The molecule has 0 aliphatic carbocycles. The van der Waals surface area contributed by atoms with Gasteiger partial charge in [-0.25, -0.2) is 0 Å².